The number of para-hydroxylation sites is 2. The lowest BCUT2D eigenvalue weighted by Crippen LogP contribution is -2.56. The van der Waals surface area contributed by atoms with Crippen molar-refractivity contribution < 1.29 is 22.6 Å². The van der Waals surface area contributed by atoms with Crippen LogP contribution in [0, 0.1) is 17.6 Å². The van der Waals surface area contributed by atoms with Gasteiger partial charge in [0.25, 0.3) is 0 Å². The summed E-state index contributed by atoms with van der Waals surface area (Å²) in [7, 11) is 1.58. The average molecular weight is 825 g/mol. The van der Waals surface area contributed by atoms with Gasteiger partial charge < -0.3 is 14.4 Å². The molecule has 0 bridgehead atoms. The number of hydrazine groups is 1. The highest BCUT2D eigenvalue weighted by molar-refractivity contribution is 5.94. The molecular formula is C48H47F3N8O2. The first kappa shape index (κ1) is 40.1. The van der Waals surface area contributed by atoms with Crippen molar-refractivity contribution in [2.45, 2.75) is 44.3 Å². The van der Waals surface area contributed by atoms with Crippen LogP contribution in [0.25, 0.3) is 44.3 Å². The van der Waals surface area contributed by atoms with E-state index in [-0.39, 0.29) is 36.2 Å². The van der Waals surface area contributed by atoms with Crippen LogP contribution in [-0.2, 0) is 6.54 Å². The average Bonchev–Trinajstić information content (AvgIpc) is 3.30. The van der Waals surface area contributed by atoms with E-state index in [0.717, 1.165) is 47.8 Å². The number of likely N-dealkylation sites (tertiary alicyclic amines) is 1. The summed E-state index contributed by atoms with van der Waals surface area (Å²) in [4.78, 5) is 24.8. The first-order valence-corrected chi connectivity index (χ1v) is 20.8. The smallest absolute Gasteiger partial charge is 0.241 e. The maximum Gasteiger partial charge on any atom is 0.241 e. The third-order valence-corrected chi connectivity index (χ3v) is 12.1. The van der Waals surface area contributed by atoms with Gasteiger partial charge in [0.15, 0.2) is 11.5 Å². The van der Waals surface area contributed by atoms with Gasteiger partial charge in [-0.3, -0.25) is 9.91 Å². The number of benzene rings is 5. The predicted molar refractivity (Wildman–Crippen MR) is 233 cm³/mol. The van der Waals surface area contributed by atoms with E-state index < -0.39 is 6.67 Å². The minimum absolute atomic E-state index is 0.0326. The number of methoxy groups -OCH3 is 1. The summed E-state index contributed by atoms with van der Waals surface area (Å²) in [5, 5.41) is 3.18. The Balaban J connectivity index is 1.04. The normalized spacial score (nSPS) is 17.5. The molecule has 0 radical (unpaired) electrons. The number of nitrogens with zero attached hydrogens (tertiary/aromatic N) is 7. The van der Waals surface area contributed by atoms with Gasteiger partial charge in [-0.05, 0) is 98.8 Å². The number of ether oxygens (including phenoxy) is 2. The van der Waals surface area contributed by atoms with Crippen LogP contribution in [0.15, 0.2) is 115 Å². The van der Waals surface area contributed by atoms with Gasteiger partial charge in [-0.1, -0.05) is 66.7 Å². The molecule has 7 aromatic rings. The molecule has 0 saturated carbocycles. The molecule has 2 N–H and O–H groups in total. The number of anilines is 2. The highest BCUT2D eigenvalue weighted by Gasteiger charge is 2.39. The van der Waals surface area contributed by atoms with Gasteiger partial charge in [0, 0.05) is 41.0 Å². The zero-order valence-corrected chi connectivity index (χ0v) is 33.9. The standard InChI is InChI=1S/C48H47F3N8O2/c1-60-43-19-18-31(28-44(43)61-27-23-49)30-57-24-20-32(21-25-57)42-29-33(59(52)48-54-41-17-9-5-13-37(41)46(56-48)35-11-3-7-15-39(35)51)22-26-58(42)47-53-40-16-8-4-12-36(40)45(55-47)34-10-2-6-14-38(34)50/h2-19,28,32-33,42H,20-27,29-30,52H2,1H3. The maximum absolute atomic E-state index is 15.5. The highest BCUT2D eigenvalue weighted by atomic mass is 19.1. The molecule has 2 aliphatic heterocycles. The molecule has 2 aliphatic rings. The number of hydrogen-bond acceptors (Lipinski definition) is 10. The van der Waals surface area contributed by atoms with E-state index in [1.54, 1.807) is 42.5 Å². The number of aromatic nitrogens is 4. The second kappa shape index (κ2) is 17.7. The second-order valence-corrected chi connectivity index (χ2v) is 15.7. The largest absolute Gasteiger partial charge is 0.493 e. The summed E-state index contributed by atoms with van der Waals surface area (Å²) < 4.78 is 54.8. The van der Waals surface area contributed by atoms with Gasteiger partial charge in [-0.2, -0.15) is 0 Å². The summed E-state index contributed by atoms with van der Waals surface area (Å²) in [6, 6.07) is 34.3. The molecule has 61 heavy (non-hydrogen) atoms. The molecule has 2 unspecified atom stereocenters. The summed E-state index contributed by atoms with van der Waals surface area (Å²) in [6.45, 7) is 2.36. The Morgan fingerprint density at radius 3 is 1.98 bits per heavy atom. The third-order valence-electron chi connectivity index (χ3n) is 12.1. The van der Waals surface area contributed by atoms with Crippen molar-refractivity contribution in [2.75, 3.05) is 49.9 Å². The van der Waals surface area contributed by atoms with E-state index in [0.29, 0.717) is 77.4 Å². The summed E-state index contributed by atoms with van der Waals surface area (Å²) >= 11 is 0. The van der Waals surface area contributed by atoms with E-state index in [1.165, 1.54) is 12.1 Å². The van der Waals surface area contributed by atoms with Crippen LogP contribution in [0.1, 0.15) is 31.2 Å². The zero-order valence-electron chi connectivity index (χ0n) is 33.9. The molecule has 9 rings (SSSR count). The molecular weight excluding hydrogens is 778 g/mol. The predicted octanol–water partition coefficient (Wildman–Crippen LogP) is 9.17. The van der Waals surface area contributed by atoms with Gasteiger partial charge in [0.05, 0.1) is 35.6 Å². The number of hydrogen-bond donors (Lipinski definition) is 1. The van der Waals surface area contributed by atoms with Crippen LogP contribution >= 0.6 is 0 Å². The molecule has 0 aliphatic carbocycles. The molecule has 312 valence electrons. The third kappa shape index (κ3) is 8.27. The lowest BCUT2D eigenvalue weighted by Gasteiger charge is -2.47. The first-order chi connectivity index (χ1) is 29.9. The lowest BCUT2D eigenvalue weighted by atomic mass is 9.82. The van der Waals surface area contributed by atoms with Crippen molar-refractivity contribution in [2.24, 2.45) is 11.8 Å². The number of alkyl halides is 1. The number of fused-ring (bicyclic) bond motifs is 2. The SMILES string of the molecule is COc1ccc(CN2CCC(C3CC(N(N)c4nc(-c5ccccc5F)c5ccccc5n4)CCN3c3nc(-c4ccccc4F)c4ccccc4n3)CC2)cc1OCCF. The van der Waals surface area contributed by atoms with Crippen molar-refractivity contribution in [3.8, 4) is 34.0 Å². The monoisotopic (exact) mass is 824 g/mol. The number of halogens is 3. The Bertz CT molecular complexity index is 2660. The first-order valence-electron chi connectivity index (χ1n) is 20.8. The number of nitrogens with two attached hydrogens (primary N) is 1. The maximum atomic E-state index is 15.5. The summed E-state index contributed by atoms with van der Waals surface area (Å²) in [6.07, 6.45) is 3.10. The molecule has 4 heterocycles. The van der Waals surface area contributed by atoms with E-state index in [4.69, 9.17) is 35.3 Å². The number of rotatable bonds is 12. The van der Waals surface area contributed by atoms with Crippen LogP contribution in [0.3, 0.4) is 0 Å². The molecule has 5 aromatic carbocycles. The van der Waals surface area contributed by atoms with Gasteiger partial charge >= 0.3 is 0 Å². The highest BCUT2D eigenvalue weighted by Crippen LogP contribution is 2.39. The quantitative estimate of drug-likeness (QED) is 0.0948. The summed E-state index contributed by atoms with van der Waals surface area (Å²) in [5.41, 5.74) is 4.31. The van der Waals surface area contributed by atoms with Crippen molar-refractivity contribution >= 4 is 33.7 Å². The van der Waals surface area contributed by atoms with E-state index in [9.17, 15) is 4.39 Å². The van der Waals surface area contributed by atoms with Crippen molar-refractivity contribution in [1.29, 1.82) is 0 Å². The molecule has 13 heteroatoms. The molecule has 2 atom stereocenters. The van der Waals surface area contributed by atoms with Crippen LogP contribution in [0.2, 0.25) is 0 Å². The number of piperidine rings is 2. The Morgan fingerprint density at radius 2 is 1.33 bits per heavy atom. The van der Waals surface area contributed by atoms with E-state index in [1.807, 2.05) is 72.8 Å². The van der Waals surface area contributed by atoms with Crippen molar-refractivity contribution in [3.05, 3.63) is 132 Å². The molecule has 0 spiro atoms. The van der Waals surface area contributed by atoms with Crippen LogP contribution in [0.5, 0.6) is 11.5 Å². The fourth-order valence-corrected chi connectivity index (χ4v) is 9.01. The van der Waals surface area contributed by atoms with Gasteiger partial charge in [0.1, 0.15) is 24.9 Å². The Morgan fingerprint density at radius 1 is 0.705 bits per heavy atom. The van der Waals surface area contributed by atoms with Crippen molar-refractivity contribution in [3.63, 3.8) is 0 Å². The van der Waals surface area contributed by atoms with Crippen LogP contribution in [-0.4, -0.2) is 76.9 Å². The van der Waals surface area contributed by atoms with Crippen molar-refractivity contribution in [1.82, 2.24) is 24.8 Å². The lowest BCUT2D eigenvalue weighted by molar-refractivity contribution is 0.148. The fourth-order valence-electron chi connectivity index (χ4n) is 9.01. The molecule has 2 aromatic heterocycles. The minimum atomic E-state index is -0.583. The zero-order chi connectivity index (χ0) is 41.9. The Labute approximate surface area is 352 Å². The Kier molecular flexibility index (Phi) is 11.7. The van der Waals surface area contributed by atoms with Gasteiger partial charge in [0.2, 0.25) is 11.9 Å². The van der Waals surface area contributed by atoms with Gasteiger partial charge in [-0.15, -0.1) is 0 Å². The van der Waals surface area contributed by atoms with Gasteiger partial charge in [-0.25, -0.2) is 38.9 Å². The van der Waals surface area contributed by atoms with E-state index >= 15 is 8.78 Å². The summed E-state index contributed by atoms with van der Waals surface area (Å²) in [5.74, 6) is 8.56. The molecule has 2 fully saturated rings. The molecule has 0 amide bonds. The molecule has 10 nitrogen and oxygen atoms in total. The fraction of sp³-hybridized carbons (Fsp3) is 0.292. The topological polar surface area (TPSA) is 106 Å². The second-order valence-electron chi connectivity index (χ2n) is 15.7. The molecule has 2 saturated heterocycles. The Hall–Kier alpha value is -6.31. The van der Waals surface area contributed by atoms with Crippen LogP contribution < -0.4 is 25.2 Å². The van der Waals surface area contributed by atoms with E-state index in [2.05, 4.69) is 9.80 Å². The van der Waals surface area contributed by atoms with Crippen LogP contribution in [0.4, 0.5) is 25.1 Å². The minimum Gasteiger partial charge on any atom is -0.493 e.